The van der Waals surface area contributed by atoms with Gasteiger partial charge >= 0.3 is 0 Å². The van der Waals surface area contributed by atoms with Crippen LogP contribution in [-0.4, -0.2) is 5.91 Å². The zero-order valence-corrected chi connectivity index (χ0v) is 18.5. The maximum atomic E-state index is 12.7. The summed E-state index contributed by atoms with van der Waals surface area (Å²) in [6.07, 6.45) is 5.22. The third kappa shape index (κ3) is 4.38. The number of benzene rings is 1. The average molecular weight is 468 g/mol. The monoisotopic (exact) mass is 467 g/mol. The van der Waals surface area contributed by atoms with Crippen molar-refractivity contribution in [3.05, 3.63) is 67.7 Å². The summed E-state index contributed by atoms with van der Waals surface area (Å²) in [5, 5.41) is 23.3. The van der Waals surface area contributed by atoms with E-state index in [2.05, 4.69) is 11.4 Å². The molecule has 0 atom stereocenters. The Morgan fingerprint density at radius 3 is 2.74 bits per heavy atom. The number of nitrogens with zero attached hydrogens (tertiary/aromatic N) is 2. The molecule has 1 aliphatic rings. The molecule has 154 valence electrons. The number of anilines is 1. The number of amides is 1. The van der Waals surface area contributed by atoms with Crippen molar-refractivity contribution in [2.24, 2.45) is 0 Å². The van der Waals surface area contributed by atoms with Crippen molar-refractivity contribution in [3.63, 3.8) is 0 Å². The second-order valence-electron chi connectivity index (χ2n) is 6.98. The number of carbonyl (C=O) groups is 1. The highest BCUT2D eigenvalue weighted by atomic mass is 35.5. The van der Waals surface area contributed by atoms with E-state index in [-0.39, 0.29) is 5.57 Å². The first-order chi connectivity index (χ1) is 15.0. The van der Waals surface area contributed by atoms with Gasteiger partial charge in [-0.3, -0.25) is 4.79 Å². The zero-order chi connectivity index (χ0) is 22.0. The molecule has 4 rings (SSSR count). The smallest absolute Gasteiger partial charge is 0.267 e. The quantitative estimate of drug-likeness (QED) is 0.345. The van der Waals surface area contributed by atoms with Gasteiger partial charge in [0.25, 0.3) is 5.91 Å². The number of halogens is 2. The minimum atomic E-state index is -0.587. The first-order valence-corrected chi connectivity index (χ1v) is 11.1. The Labute approximate surface area is 193 Å². The van der Waals surface area contributed by atoms with Gasteiger partial charge in [0.05, 0.1) is 10.6 Å². The van der Waals surface area contributed by atoms with Gasteiger partial charge in [-0.25, -0.2) is 0 Å². The highest BCUT2D eigenvalue weighted by molar-refractivity contribution is 7.16. The van der Waals surface area contributed by atoms with Gasteiger partial charge in [0.15, 0.2) is 0 Å². The van der Waals surface area contributed by atoms with Crippen LogP contribution in [0.15, 0.2) is 40.3 Å². The number of thiophene rings is 1. The lowest BCUT2D eigenvalue weighted by atomic mass is 9.96. The molecule has 0 spiro atoms. The largest absolute Gasteiger partial charge is 0.457 e. The molecular weight excluding hydrogens is 453 g/mol. The highest BCUT2D eigenvalue weighted by Gasteiger charge is 2.23. The molecule has 0 bridgehead atoms. The molecule has 0 fully saturated rings. The minimum absolute atomic E-state index is 0.131. The second-order valence-corrected chi connectivity index (χ2v) is 8.93. The summed E-state index contributed by atoms with van der Waals surface area (Å²) < 4.78 is 5.75. The molecule has 5 nitrogen and oxygen atoms in total. The van der Waals surface area contributed by atoms with Gasteiger partial charge in [-0.2, -0.15) is 10.5 Å². The van der Waals surface area contributed by atoms with Crippen molar-refractivity contribution in [3.8, 4) is 23.5 Å². The highest BCUT2D eigenvalue weighted by Crippen LogP contribution is 2.38. The molecule has 2 aromatic heterocycles. The number of fused-ring (bicyclic) bond motifs is 1. The van der Waals surface area contributed by atoms with E-state index in [1.165, 1.54) is 17.4 Å². The third-order valence-electron chi connectivity index (χ3n) is 4.98. The molecule has 0 aliphatic heterocycles. The molecule has 1 amide bonds. The fourth-order valence-electron chi connectivity index (χ4n) is 3.50. The van der Waals surface area contributed by atoms with Crippen molar-refractivity contribution in [1.29, 1.82) is 10.5 Å². The molecule has 1 aliphatic carbocycles. The molecule has 3 aromatic rings. The molecule has 1 N–H and O–H groups in total. The van der Waals surface area contributed by atoms with Crippen molar-refractivity contribution >= 4 is 51.5 Å². The van der Waals surface area contributed by atoms with Gasteiger partial charge < -0.3 is 9.73 Å². The first kappa shape index (κ1) is 21.2. The van der Waals surface area contributed by atoms with Gasteiger partial charge in [0, 0.05) is 21.5 Å². The predicted molar refractivity (Wildman–Crippen MR) is 122 cm³/mol. The molecule has 31 heavy (non-hydrogen) atoms. The summed E-state index contributed by atoms with van der Waals surface area (Å²) in [7, 11) is 0. The van der Waals surface area contributed by atoms with E-state index in [1.807, 2.05) is 6.07 Å². The average Bonchev–Trinajstić information content (AvgIpc) is 3.37. The van der Waals surface area contributed by atoms with Crippen LogP contribution in [0.1, 0.15) is 34.6 Å². The molecule has 0 saturated carbocycles. The van der Waals surface area contributed by atoms with E-state index in [9.17, 15) is 15.3 Å². The van der Waals surface area contributed by atoms with Crippen LogP contribution in [0.3, 0.4) is 0 Å². The van der Waals surface area contributed by atoms with Crippen LogP contribution in [-0.2, 0) is 17.6 Å². The van der Waals surface area contributed by atoms with Gasteiger partial charge in [-0.05, 0) is 61.6 Å². The van der Waals surface area contributed by atoms with Crippen LogP contribution >= 0.6 is 34.5 Å². The summed E-state index contributed by atoms with van der Waals surface area (Å²) >= 11 is 13.7. The summed E-state index contributed by atoms with van der Waals surface area (Å²) in [5.41, 5.74) is 2.00. The standard InChI is InChI=1S/C23H15Cl2N3O2S/c24-14-5-7-19(25)17(10-14)20-8-6-15(30-20)9-13(11-26)22(29)28-23-18(12-27)16-3-1-2-4-21(16)31-23/h5-10H,1-4H2,(H,28,29). The Kier molecular flexibility index (Phi) is 6.15. The molecular formula is C23H15Cl2N3O2S. The van der Waals surface area contributed by atoms with E-state index in [1.54, 1.807) is 30.3 Å². The number of hydrogen-bond donors (Lipinski definition) is 1. The van der Waals surface area contributed by atoms with Crippen molar-refractivity contribution in [2.45, 2.75) is 25.7 Å². The lowest BCUT2D eigenvalue weighted by Crippen LogP contribution is -2.13. The van der Waals surface area contributed by atoms with E-state index in [0.717, 1.165) is 36.1 Å². The maximum absolute atomic E-state index is 12.7. The molecule has 0 unspecified atom stereocenters. The van der Waals surface area contributed by atoms with E-state index >= 15 is 0 Å². The Morgan fingerprint density at radius 2 is 1.97 bits per heavy atom. The number of furan rings is 1. The van der Waals surface area contributed by atoms with Crippen LogP contribution in [0.4, 0.5) is 5.00 Å². The third-order valence-corrected chi connectivity index (χ3v) is 6.75. The van der Waals surface area contributed by atoms with E-state index in [4.69, 9.17) is 27.6 Å². The number of aryl methyl sites for hydroxylation is 1. The van der Waals surface area contributed by atoms with Crippen LogP contribution in [0, 0.1) is 22.7 Å². The summed E-state index contributed by atoms with van der Waals surface area (Å²) in [6.45, 7) is 0. The zero-order valence-electron chi connectivity index (χ0n) is 16.2. The summed E-state index contributed by atoms with van der Waals surface area (Å²) in [6, 6.07) is 12.4. The van der Waals surface area contributed by atoms with Gasteiger partial charge in [-0.1, -0.05) is 23.2 Å². The summed E-state index contributed by atoms with van der Waals surface area (Å²) in [4.78, 5) is 13.9. The molecule has 2 heterocycles. The number of nitrogens with one attached hydrogen (secondary N) is 1. The number of carbonyl (C=O) groups excluding carboxylic acids is 1. The number of rotatable bonds is 4. The van der Waals surface area contributed by atoms with E-state index in [0.29, 0.717) is 37.7 Å². The van der Waals surface area contributed by atoms with Crippen LogP contribution in [0.2, 0.25) is 10.0 Å². The van der Waals surface area contributed by atoms with Gasteiger partial charge in [0.2, 0.25) is 0 Å². The fraction of sp³-hybridized carbons (Fsp3) is 0.174. The normalized spacial score (nSPS) is 13.2. The van der Waals surface area contributed by atoms with Gasteiger partial charge in [0.1, 0.15) is 34.2 Å². The second kappa shape index (κ2) is 8.99. The van der Waals surface area contributed by atoms with Crippen molar-refractivity contribution < 1.29 is 9.21 Å². The predicted octanol–water partition coefficient (Wildman–Crippen LogP) is 6.61. The lowest BCUT2D eigenvalue weighted by molar-refractivity contribution is -0.112. The Hall–Kier alpha value is -3.03. The Balaban J connectivity index is 1.59. The Morgan fingerprint density at radius 1 is 1.16 bits per heavy atom. The first-order valence-electron chi connectivity index (χ1n) is 9.53. The fourth-order valence-corrected chi connectivity index (χ4v) is 5.11. The van der Waals surface area contributed by atoms with Crippen molar-refractivity contribution in [2.75, 3.05) is 5.32 Å². The molecule has 0 radical (unpaired) electrons. The van der Waals surface area contributed by atoms with Crippen LogP contribution < -0.4 is 5.32 Å². The molecule has 0 saturated heterocycles. The number of nitriles is 2. The maximum Gasteiger partial charge on any atom is 0.267 e. The lowest BCUT2D eigenvalue weighted by Gasteiger charge is -2.09. The summed E-state index contributed by atoms with van der Waals surface area (Å²) in [5.74, 6) is 0.203. The van der Waals surface area contributed by atoms with Crippen molar-refractivity contribution in [1.82, 2.24) is 0 Å². The SMILES string of the molecule is N#CC(=Cc1ccc(-c2cc(Cl)ccc2Cl)o1)C(=O)Nc1sc2c(c1C#N)CCCC2. The minimum Gasteiger partial charge on any atom is -0.457 e. The van der Waals surface area contributed by atoms with E-state index < -0.39 is 5.91 Å². The van der Waals surface area contributed by atoms with Crippen LogP contribution in [0.5, 0.6) is 0 Å². The van der Waals surface area contributed by atoms with Crippen LogP contribution in [0.25, 0.3) is 17.4 Å². The van der Waals surface area contributed by atoms with Gasteiger partial charge in [-0.15, -0.1) is 11.3 Å². The number of hydrogen-bond acceptors (Lipinski definition) is 5. The molecule has 1 aromatic carbocycles. The topological polar surface area (TPSA) is 89.8 Å². The molecule has 8 heteroatoms. The Bertz CT molecular complexity index is 1290.